The van der Waals surface area contributed by atoms with E-state index in [9.17, 15) is 9.59 Å². The molecule has 5 nitrogen and oxygen atoms in total. The number of nitrogens with zero attached hydrogens (tertiary/aromatic N) is 1. The molecule has 2 aromatic carbocycles. The van der Waals surface area contributed by atoms with E-state index in [0.717, 1.165) is 30.8 Å². The van der Waals surface area contributed by atoms with E-state index in [-0.39, 0.29) is 17.9 Å². The first-order valence-electron chi connectivity index (χ1n) is 10.4. The Kier molecular flexibility index (Phi) is 7.04. The van der Waals surface area contributed by atoms with Crippen molar-refractivity contribution in [2.45, 2.75) is 52.7 Å². The number of fused-ring (bicyclic) bond motifs is 1. The highest BCUT2D eigenvalue weighted by Crippen LogP contribution is 2.20. The van der Waals surface area contributed by atoms with Crippen LogP contribution >= 0.6 is 0 Å². The minimum absolute atomic E-state index is 0.0141. The highest BCUT2D eigenvalue weighted by atomic mass is 16.2. The molecule has 1 atom stereocenters. The zero-order chi connectivity index (χ0) is 20.8. The van der Waals surface area contributed by atoms with Crippen LogP contribution < -0.4 is 10.6 Å². The van der Waals surface area contributed by atoms with Crippen LogP contribution in [0.2, 0.25) is 0 Å². The Morgan fingerprint density at radius 1 is 1.03 bits per heavy atom. The van der Waals surface area contributed by atoms with Crippen LogP contribution in [0.25, 0.3) is 0 Å². The van der Waals surface area contributed by atoms with E-state index in [1.54, 1.807) is 0 Å². The molecule has 0 radical (unpaired) electrons. The summed E-state index contributed by atoms with van der Waals surface area (Å²) >= 11 is 0. The van der Waals surface area contributed by atoms with Gasteiger partial charge in [-0.15, -0.1) is 0 Å². The van der Waals surface area contributed by atoms with Crippen LogP contribution in [0.1, 0.15) is 43.9 Å². The van der Waals surface area contributed by atoms with Gasteiger partial charge in [0.1, 0.15) is 0 Å². The number of hydrogen-bond acceptors (Lipinski definition) is 3. The third kappa shape index (κ3) is 5.91. The molecule has 0 bridgehead atoms. The first kappa shape index (κ1) is 21.1. The minimum Gasteiger partial charge on any atom is -0.351 e. The van der Waals surface area contributed by atoms with Crippen molar-refractivity contribution in [1.82, 2.24) is 10.2 Å². The smallest absolute Gasteiger partial charge is 0.237 e. The lowest BCUT2D eigenvalue weighted by Gasteiger charge is -2.32. The normalized spacial score (nSPS) is 14.9. The molecular formula is C24H31N3O2. The third-order valence-corrected chi connectivity index (χ3v) is 5.36. The molecule has 1 unspecified atom stereocenters. The Morgan fingerprint density at radius 3 is 2.55 bits per heavy atom. The highest BCUT2D eigenvalue weighted by Gasteiger charge is 2.24. The highest BCUT2D eigenvalue weighted by molar-refractivity contribution is 5.90. The van der Waals surface area contributed by atoms with Gasteiger partial charge in [0.2, 0.25) is 11.8 Å². The van der Waals surface area contributed by atoms with Crippen molar-refractivity contribution in [3.05, 3.63) is 65.2 Å². The lowest BCUT2D eigenvalue weighted by Crippen LogP contribution is -2.46. The average Bonchev–Trinajstić information content (AvgIpc) is 2.70. The molecule has 0 aromatic heterocycles. The van der Waals surface area contributed by atoms with E-state index in [0.29, 0.717) is 18.9 Å². The summed E-state index contributed by atoms with van der Waals surface area (Å²) in [4.78, 5) is 26.9. The molecule has 3 rings (SSSR count). The summed E-state index contributed by atoms with van der Waals surface area (Å²) in [7, 11) is 0. The van der Waals surface area contributed by atoms with Gasteiger partial charge in [-0.05, 0) is 48.1 Å². The maximum absolute atomic E-state index is 12.7. The number of rotatable bonds is 7. The second kappa shape index (κ2) is 9.70. The van der Waals surface area contributed by atoms with Gasteiger partial charge in [-0.25, -0.2) is 0 Å². The molecule has 0 aliphatic carbocycles. The molecule has 29 heavy (non-hydrogen) atoms. The van der Waals surface area contributed by atoms with Gasteiger partial charge in [0.15, 0.2) is 0 Å². The largest absolute Gasteiger partial charge is 0.351 e. The van der Waals surface area contributed by atoms with Crippen molar-refractivity contribution in [2.24, 2.45) is 5.92 Å². The Bertz CT molecular complexity index is 863. The Balaban J connectivity index is 1.53. The predicted molar refractivity (Wildman–Crippen MR) is 116 cm³/mol. The van der Waals surface area contributed by atoms with Gasteiger partial charge in [0.05, 0.1) is 6.04 Å². The molecule has 0 spiro atoms. The van der Waals surface area contributed by atoms with Crippen LogP contribution in [0.4, 0.5) is 5.69 Å². The molecule has 0 saturated carbocycles. The van der Waals surface area contributed by atoms with Gasteiger partial charge in [0.25, 0.3) is 0 Å². The Morgan fingerprint density at radius 2 is 1.79 bits per heavy atom. The summed E-state index contributed by atoms with van der Waals surface area (Å²) in [6, 6.07) is 15.9. The van der Waals surface area contributed by atoms with E-state index in [2.05, 4.69) is 39.8 Å². The van der Waals surface area contributed by atoms with E-state index >= 15 is 0 Å². The quantitative estimate of drug-likeness (QED) is 0.753. The van der Waals surface area contributed by atoms with Gasteiger partial charge in [-0.1, -0.05) is 50.2 Å². The summed E-state index contributed by atoms with van der Waals surface area (Å²) in [5.74, 6) is 0.361. The SMILES string of the molecule is CC(C)CC(=O)Nc1cccc(CNC(=O)C(C)N2CCc3ccccc3C2)c1. The number of amides is 2. The van der Waals surface area contributed by atoms with Gasteiger partial charge < -0.3 is 10.6 Å². The van der Waals surface area contributed by atoms with Crippen LogP contribution in [-0.4, -0.2) is 29.3 Å². The molecule has 2 N–H and O–H groups in total. The van der Waals surface area contributed by atoms with Crippen LogP contribution in [0.5, 0.6) is 0 Å². The molecule has 2 amide bonds. The molecule has 5 heteroatoms. The first-order chi connectivity index (χ1) is 13.9. The first-order valence-corrected chi connectivity index (χ1v) is 10.4. The second-order valence-corrected chi connectivity index (χ2v) is 8.23. The average molecular weight is 394 g/mol. The zero-order valence-corrected chi connectivity index (χ0v) is 17.6. The molecule has 1 aliphatic heterocycles. The number of hydrogen-bond donors (Lipinski definition) is 2. The summed E-state index contributed by atoms with van der Waals surface area (Å²) in [5.41, 5.74) is 4.43. The standard InChI is InChI=1S/C24H31N3O2/c1-17(2)13-23(28)26-22-10-6-7-19(14-22)15-25-24(29)18(3)27-12-11-20-8-4-5-9-21(20)16-27/h4-10,14,17-18H,11-13,15-16H2,1-3H3,(H,25,29)(H,26,28). The van der Waals surface area contributed by atoms with Crippen molar-refractivity contribution in [2.75, 3.05) is 11.9 Å². The maximum atomic E-state index is 12.7. The second-order valence-electron chi connectivity index (χ2n) is 8.23. The topological polar surface area (TPSA) is 61.4 Å². The Labute approximate surface area is 173 Å². The molecule has 0 saturated heterocycles. The molecule has 2 aromatic rings. The van der Waals surface area contributed by atoms with E-state index in [1.807, 2.05) is 45.0 Å². The maximum Gasteiger partial charge on any atom is 0.237 e. The molecule has 1 aliphatic rings. The van der Waals surface area contributed by atoms with Crippen LogP contribution in [0.15, 0.2) is 48.5 Å². The number of benzene rings is 2. The Hall–Kier alpha value is -2.66. The van der Waals surface area contributed by atoms with Crippen molar-refractivity contribution >= 4 is 17.5 Å². The lowest BCUT2D eigenvalue weighted by atomic mass is 9.99. The fourth-order valence-electron chi connectivity index (χ4n) is 3.69. The predicted octanol–water partition coefficient (Wildman–Crippen LogP) is 3.73. The molecular weight excluding hydrogens is 362 g/mol. The van der Waals surface area contributed by atoms with E-state index in [4.69, 9.17) is 0 Å². The number of carbonyl (C=O) groups is 2. The van der Waals surface area contributed by atoms with Gasteiger partial charge >= 0.3 is 0 Å². The van der Waals surface area contributed by atoms with E-state index in [1.165, 1.54) is 11.1 Å². The minimum atomic E-state index is -0.183. The molecule has 154 valence electrons. The molecule has 0 fully saturated rings. The summed E-state index contributed by atoms with van der Waals surface area (Å²) < 4.78 is 0. The summed E-state index contributed by atoms with van der Waals surface area (Å²) in [6.45, 7) is 8.15. The van der Waals surface area contributed by atoms with Crippen molar-refractivity contribution < 1.29 is 9.59 Å². The zero-order valence-electron chi connectivity index (χ0n) is 17.6. The molecule has 1 heterocycles. The number of nitrogens with one attached hydrogen (secondary N) is 2. The van der Waals surface area contributed by atoms with Gasteiger partial charge in [-0.3, -0.25) is 14.5 Å². The monoisotopic (exact) mass is 393 g/mol. The van der Waals surface area contributed by atoms with E-state index < -0.39 is 0 Å². The van der Waals surface area contributed by atoms with Crippen molar-refractivity contribution in [1.29, 1.82) is 0 Å². The number of anilines is 1. The number of carbonyl (C=O) groups excluding carboxylic acids is 2. The van der Waals surface area contributed by atoms with Gasteiger partial charge in [0, 0.05) is 31.7 Å². The van der Waals surface area contributed by atoms with Crippen LogP contribution in [0.3, 0.4) is 0 Å². The fraction of sp³-hybridized carbons (Fsp3) is 0.417. The van der Waals surface area contributed by atoms with Crippen LogP contribution in [0, 0.1) is 5.92 Å². The van der Waals surface area contributed by atoms with Crippen molar-refractivity contribution in [3.8, 4) is 0 Å². The summed E-state index contributed by atoms with van der Waals surface area (Å²) in [5, 5.41) is 5.96. The lowest BCUT2D eigenvalue weighted by molar-refractivity contribution is -0.126. The van der Waals surface area contributed by atoms with Gasteiger partial charge in [-0.2, -0.15) is 0 Å². The third-order valence-electron chi connectivity index (χ3n) is 5.36. The van der Waals surface area contributed by atoms with Crippen LogP contribution in [-0.2, 0) is 29.1 Å². The fourth-order valence-corrected chi connectivity index (χ4v) is 3.69. The summed E-state index contributed by atoms with van der Waals surface area (Å²) in [6.07, 6.45) is 1.48. The van der Waals surface area contributed by atoms with Crippen molar-refractivity contribution in [3.63, 3.8) is 0 Å².